The average molecular weight is 456 g/mol. The van der Waals surface area contributed by atoms with Gasteiger partial charge in [0.15, 0.2) is 12.6 Å². The second-order valence-corrected chi connectivity index (χ2v) is 6.54. The monoisotopic (exact) mass is 454 g/mol. The van der Waals surface area contributed by atoms with Crippen molar-refractivity contribution in [2.45, 2.75) is 65.0 Å². The lowest BCUT2D eigenvalue weighted by Gasteiger charge is -2.24. The summed E-state index contributed by atoms with van der Waals surface area (Å²) in [6.07, 6.45) is 14.1. The van der Waals surface area contributed by atoms with E-state index < -0.39 is 0 Å². The highest BCUT2D eigenvalue weighted by Crippen LogP contribution is 2.14. The van der Waals surface area contributed by atoms with Gasteiger partial charge in [-0.1, -0.05) is 56.2 Å². The molecule has 0 rings (SSSR count). The van der Waals surface area contributed by atoms with Gasteiger partial charge in [-0.25, -0.2) is 0 Å². The van der Waals surface area contributed by atoms with E-state index in [1.54, 1.807) is 0 Å². The molecule has 0 N–H and O–H groups in total. The zero-order valence-electron chi connectivity index (χ0n) is 14.5. The topological polar surface area (TPSA) is 27.7 Å². The summed E-state index contributed by atoms with van der Waals surface area (Å²) < 4.78 is 17.4. The zero-order chi connectivity index (χ0) is 17.2. The predicted molar refractivity (Wildman–Crippen MR) is 105 cm³/mol. The minimum atomic E-state index is -0.198. The van der Waals surface area contributed by atoms with Crippen LogP contribution in [0.25, 0.3) is 0 Å². The van der Waals surface area contributed by atoms with Crippen molar-refractivity contribution in [2.24, 2.45) is 0 Å². The molecule has 0 heterocycles. The average Bonchev–Trinajstić information content (AvgIpc) is 2.54. The number of halogens is 2. The summed E-state index contributed by atoms with van der Waals surface area (Å²) in [5.74, 6) is 0. The van der Waals surface area contributed by atoms with Gasteiger partial charge in [0.2, 0.25) is 0 Å². The molecule has 0 fully saturated rings. The van der Waals surface area contributed by atoms with Crippen molar-refractivity contribution < 1.29 is 14.2 Å². The first kappa shape index (κ1) is 23.3. The largest absolute Gasteiger partial charge is 0.353 e. The van der Waals surface area contributed by atoms with Gasteiger partial charge in [-0.15, -0.1) is 0 Å². The molecule has 136 valence electrons. The minimum Gasteiger partial charge on any atom is -0.353 e. The van der Waals surface area contributed by atoms with Crippen LogP contribution in [0.4, 0.5) is 0 Å². The lowest BCUT2D eigenvalue weighted by Crippen LogP contribution is -2.27. The third-order valence-corrected chi connectivity index (χ3v) is 3.95. The maximum Gasteiger partial charge on any atom is 0.161 e. The number of hydrogen-bond acceptors (Lipinski definition) is 3. The summed E-state index contributed by atoms with van der Waals surface area (Å²) in [5.41, 5.74) is 0. The smallest absolute Gasteiger partial charge is 0.161 e. The molecule has 0 aliphatic heterocycles. The van der Waals surface area contributed by atoms with Crippen molar-refractivity contribution in [1.29, 1.82) is 0 Å². The minimum absolute atomic E-state index is 0.198. The summed E-state index contributed by atoms with van der Waals surface area (Å²) in [7, 11) is 0. The molecule has 0 aromatic heterocycles. The molecule has 0 saturated heterocycles. The molecule has 3 nitrogen and oxygen atoms in total. The van der Waals surface area contributed by atoms with Crippen LogP contribution in [-0.4, -0.2) is 36.5 Å². The fourth-order valence-corrected chi connectivity index (χ4v) is 2.51. The fourth-order valence-electron chi connectivity index (χ4n) is 1.98. The van der Waals surface area contributed by atoms with E-state index in [4.69, 9.17) is 14.2 Å². The van der Waals surface area contributed by atoms with Gasteiger partial charge in [0, 0.05) is 36.7 Å². The van der Waals surface area contributed by atoms with E-state index in [0.717, 1.165) is 49.2 Å². The summed E-state index contributed by atoms with van der Waals surface area (Å²) in [6.45, 7) is 5.30. The van der Waals surface area contributed by atoms with Crippen molar-refractivity contribution in [2.75, 3.05) is 23.9 Å². The summed E-state index contributed by atoms with van der Waals surface area (Å²) in [5, 5.41) is 2.01. The molecule has 2 atom stereocenters. The normalized spacial score (nSPS) is 14.8. The van der Waals surface area contributed by atoms with E-state index in [2.05, 4.69) is 56.2 Å². The van der Waals surface area contributed by atoms with Crippen LogP contribution in [0.3, 0.4) is 0 Å². The van der Waals surface area contributed by atoms with Crippen LogP contribution in [0.2, 0.25) is 0 Å². The first-order valence-corrected chi connectivity index (χ1v) is 10.8. The summed E-state index contributed by atoms with van der Waals surface area (Å²) >= 11 is 6.84. The van der Waals surface area contributed by atoms with Gasteiger partial charge in [-0.3, -0.25) is 0 Å². The Bertz CT molecular complexity index is 268. The molecule has 0 aliphatic rings. The maximum atomic E-state index is 6.01. The lowest BCUT2D eigenvalue weighted by atomic mass is 10.2. The number of allylic oxidation sites excluding steroid dienone is 4. The van der Waals surface area contributed by atoms with Crippen molar-refractivity contribution in [3.8, 4) is 0 Å². The molecule has 0 saturated carbocycles. The summed E-state index contributed by atoms with van der Waals surface area (Å²) in [6, 6.07) is 0. The van der Waals surface area contributed by atoms with Gasteiger partial charge in [0.1, 0.15) is 0 Å². The van der Waals surface area contributed by atoms with E-state index in [1.807, 2.05) is 13.8 Å². The molecule has 0 aromatic carbocycles. The van der Waals surface area contributed by atoms with Gasteiger partial charge < -0.3 is 14.2 Å². The second kappa shape index (κ2) is 18.7. The summed E-state index contributed by atoms with van der Waals surface area (Å²) in [4.78, 5) is 0. The van der Waals surface area contributed by atoms with E-state index in [9.17, 15) is 0 Å². The quantitative estimate of drug-likeness (QED) is 0.163. The van der Waals surface area contributed by atoms with Crippen LogP contribution in [0.15, 0.2) is 24.3 Å². The van der Waals surface area contributed by atoms with Crippen LogP contribution < -0.4 is 0 Å². The van der Waals surface area contributed by atoms with Crippen molar-refractivity contribution in [3.05, 3.63) is 24.3 Å². The Hall–Kier alpha value is 0.320. The van der Waals surface area contributed by atoms with Crippen molar-refractivity contribution in [3.63, 3.8) is 0 Å². The van der Waals surface area contributed by atoms with Gasteiger partial charge in [-0.05, 0) is 39.5 Å². The second-order valence-electron chi connectivity index (χ2n) is 4.96. The Balaban J connectivity index is 4.21. The fraction of sp³-hybridized carbons (Fsp3) is 0.778. The zero-order valence-corrected chi connectivity index (χ0v) is 17.7. The molecule has 0 spiro atoms. The lowest BCUT2D eigenvalue weighted by molar-refractivity contribution is -0.246. The molecular weight excluding hydrogens is 424 g/mol. The van der Waals surface area contributed by atoms with Gasteiger partial charge in [0.25, 0.3) is 0 Å². The third kappa shape index (κ3) is 15.6. The molecular formula is C18H32Br2O3. The van der Waals surface area contributed by atoms with Crippen LogP contribution >= 0.6 is 31.9 Å². The molecule has 0 bridgehead atoms. The molecule has 2 unspecified atom stereocenters. The Labute approximate surface area is 159 Å². The van der Waals surface area contributed by atoms with Crippen LogP contribution in [0.5, 0.6) is 0 Å². The van der Waals surface area contributed by atoms with Gasteiger partial charge in [-0.2, -0.15) is 0 Å². The number of alkyl halides is 2. The highest BCUT2D eigenvalue weighted by Gasteiger charge is 2.16. The molecule has 5 heteroatoms. The first-order chi connectivity index (χ1) is 11.3. The standard InChI is InChI=1S/C18H32Br2O3/c1-3-21-17(13-9-5-7-11-15-19)23-18(22-4-2)14-10-6-8-12-16-20/h5-8,17-18H,3-4,9-16H2,1-2H3/b7-5-,8-6-. The Morgan fingerprint density at radius 2 is 1.09 bits per heavy atom. The van der Waals surface area contributed by atoms with Crippen molar-refractivity contribution >= 4 is 31.9 Å². The van der Waals surface area contributed by atoms with E-state index in [0.29, 0.717) is 13.2 Å². The van der Waals surface area contributed by atoms with E-state index in [-0.39, 0.29) is 12.6 Å². The first-order valence-electron chi connectivity index (χ1n) is 8.59. The highest BCUT2D eigenvalue weighted by atomic mass is 79.9. The maximum absolute atomic E-state index is 6.01. The highest BCUT2D eigenvalue weighted by molar-refractivity contribution is 9.09. The molecule has 0 aromatic rings. The van der Waals surface area contributed by atoms with Gasteiger partial charge >= 0.3 is 0 Å². The number of rotatable bonds is 16. The molecule has 0 aliphatic carbocycles. The van der Waals surface area contributed by atoms with Crippen molar-refractivity contribution in [1.82, 2.24) is 0 Å². The Morgan fingerprint density at radius 3 is 1.43 bits per heavy atom. The third-order valence-electron chi connectivity index (χ3n) is 3.03. The van der Waals surface area contributed by atoms with Gasteiger partial charge in [0.05, 0.1) is 0 Å². The molecule has 0 amide bonds. The van der Waals surface area contributed by atoms with E-state index >= 15 is 0 Å². The van der Waals surface area contributed by atoms with Crippen LogP contribution in [0, 0.1) is 0 Å². The predicted octanol–water partition coefficient (Wildman–Crippen LogP) is 5.97. The van der Waals surface area contributed by atoms with Crippen LogP contribution in [0.1, 0.15) is 52.4 Å². The Kier molecular flexibility index (Phi) is 18.9. The number of ether oxygens (including phenoxy) is 3. The SMILES string of the molecule is CCOC(CC/C=C\CCBr)OC(CC/C=C\CCBr)OCC. The van der Waals surface area contributed by atoms with E-state index in [1.165, 1.54) is 0 Å². The van der Waals surface area contributed by atoms with Crippen LogP contribution in [-0.2, 0) is 14.2 Å². The Morgan fingerprint density at radius 1 is 0.696 bits per heavy atom. The number of hydrogen-bond donors (Lipinski definition) is 0. The molecule has 0 radical (unpaired) electrons. The molecule has 23 heavy (non-hydrogen) atoms.